The van der Waals surface area contributed by atoms with Crippen LogP contribution in [-0.2, 0) is 11.3 Å². The first-order valence-corrected chi connectivity index (χ1v) is 10.3. The van der Waals surface area contributed by atoms with Crippen LogP contribution in [0.5, 0.6) is 5.75 Å². The van der Waals surface area contributed by atoms with Crippen LogP contribution in [0.25, 0.3) is 21.7 Å². The van der Waals surface area contributed by atoms with Gasteiger partial charge in [-0.1, -0.05) is 12.1 Å². The van der Waals surface area contributed by atoms with Crippen LogP contribution in [0, 0.1) is 0 Å². The number of anilines is 1. The fourth-order valence-corrected chi connectivity index (χ4v) is 4.03. The Labute approximate surface area is 170 Å². The fourth-order valence-electron chi connectivity index (χ4n) is 4.03. The molecule has 0 unspecified atom stereocenters. The molecule has 0 atom stereocenters. The molecule has 3 aromatic rings. The summed E-state index contributed by atoms with van der Waals surface area (Å²) < 4.78 is 17.2. The van der Waals surface area contributed by atoms with Crippen molar-refractivity contribution in [2.24, 2.45) is 0 Å². The van der Waals surface area contributed by atoms with Crippen LogP contribution in [-0.4, -0.2) is 51.4 Å². The zero-order chi connectivity index (χ0) is 20.4. The zero-order valence-corrected chi connectivity index (χ0v) is 17.4. The van der Waals surface area contributed by atoms with E-state index in [0.717, 1.165) is 48.3 Å². The molecule has 154 valence electrons. The van der Waals surface area contributed by atoms with Crippen molar-refractivity contribution in [3.8, 4) is 5.75 Å². The zero-order valence-electron chi connectivity index (χ0n) is 17.4. The maximum absolute atomic E-state index is 13.8. The molecular formula is C23H28N2O4. The number of methoxy groups -OCH3 is 1. The van der Waals surface area contributed by atoms with Crippen molar-refractivity contribution in [3.63, 3.8) is 0 Å². The van der Waals surface area contributed by atoms with Crippen molar-refractivity contribution in [2.75, 3.05) is 51.4 Å². The summed E-state index contributed by atoms with van der Waals surface area (Å²) in [7, 11) is 1.64. The van der Waals surface area contributed by atoms with Gasteiger partial charge in [-0.15, -0.1) is 0 Å². The van der Waals surface area contributed by atoms with Crippen molar-refractivity contribution in [3.05, 3.63) is 46.1 Å². The van der Waals surface area contributed by atoms with E-state index in [4.69, 9.17) is 13.9 Å². The van der Waals surface area contributed by atoms with Crippen LogP contribution in [0.4, 0.5) is 5.88 Å². The number of rotatable bonds is 6. The van der Waals surface area contributed by atoms with Gasteiger partial charge in [0.1, 0.15) is 11.3 Å². The lowest BCUT2D eigenvalue weighted by Gasteiger charge is -2.29. The number of fused-ring (bicyclic) bond motifs is 3. The monoisotopic (exact) mass is 396 g/mol. The van der Waals surface area contributed by atoms with Crippen LogP contribution >= 0.6 is 0 Å². The summed E-state index contributed by atoms with van der Waals surface area (Å²) >= 11 is 0. The molecule has 1 aliphatic heterocycles. The third-order valence-corrected chi connectivity index (χ3v) is 5.69. The highest BCUT2D eigenvalue weighted by Gasteiger charge is 2.23. The standard InChI is InChI=1S/C23H28N2O4/c1-4-25(5-2)23-19(15-24-10-12-28-13-11-24)22(26)21-18-14-17(27-3)8-6-16(18)7-9-20(21)29-23/h6-9,14H,4-5,10-13,15H2,1-3H3. The maximum atomic E-state index is 13.8. The van der Waals surface area contributed by atoms with Crippen LogP contribution in [0.1, 0.15) is 19.4 Å². The average molecular weight is 396 g/mol. The summed E-state index contributed by atoms with van der Waals surface area (Å²) in [6.45, 7) is 9.31. The van der Waals surface area contributed by atoms with Gasteiger partial charge < -0.3 is 18.8 Å². The van der Waals surface area contributed by atoms with Gasteiger partial charge in [-0.3, -0.25) is 9.69 Å². The normalized spacial score (nSPS) is 15.1. The van der Waals surface area contributed by atoms with Gasteiger partial charge in [0.25, 0.3) is 0 Å². The van der Waals surface area contributed by atoms with E-state index in [0.29, 0.717) is 36.6 Å². The molecule has 0 amide bonds. The van der Waals surface area contributed by atoms with Gasteiger partial charge in [0.15, 0.2) is 5.43 Å². The lowest BCUT2D eigenvalue weighted by molar-refractivity contribution is 0.0339. The Balaban J connectivity index is 1.96. The Hall–Kier alpha value is -2.57. The number of morpholine rings is 1. The molecule has 0 bridgehead atoms. The minimum Gasteiger partial charge on any atom is -0.497 e. The predicted octanol–water partition coefficient (Wildman–Crippen LogP) is 3.63. The second-order valence-electron chi connectivity index (χ2n) is 7.30. The van der Waals surface area contributed by atoms with Gasteiger partial charge in [-0.25, -0.2) is 0 Å². The molecule has 1 fully saturated rings. The molecule has 0 N–H and O–H groups in total. The Morgan fingerprint density at radius 1 is 1.10 bits per heavy atom. The van der Waals surface area contributed by atoms with Crippen molar-refractivity contribution in [2.45, 2.75) is 20.4 Å². The van der Waals surface area contributed by atoms with Gasteiger partial charge in [-0.2, -0.15) is 0 Å². The first kappa shape index (κ1) is 19.7. The van der Waals surface area contributed by atoms with E-state index in [-0.39, 0.29) is 5.43 Å². The molecule has 6 nitrogen and oxygen atoms in total. The molecular weight excluding hydrogens is 368 g/mol. The minimum atomic E-state index is 0.0403. The maximum Gasteiger partial charge on any atom is 0.204 e. The Kier molecular flexibility index (Phi) is 5.74. The Morgan fingerprint density at radius 2 is 1.83 bits per heavy atom. The van der Waals surface area contributed by atoms with E-state index in [2.05, 4.69) is 23.6 Å². The average Bonchev–Trinajstić information content (AvgIpc) is 2.76. The van der Waals surface area contributed by atoms with Crippen molar-refractivity contribution < 1.29 is 13.9 Å². The smallest absolute Gasteiger partial charge is 0.204 e. The summed E-state index contributed by atoms with van der Waals surface area (Å²) in [5.74, 6) is 1.41. The molecule has 2 heterocycles. The largest absolute Gasteiger partial charge is 0.497 e. The molecule has 0 saturated carbocycles. The molecule has 1 aromatic heterocycles. The minimum absolute atomic E-state index is 0.0403. The molecule has 1 saturated heterocycles. The number of ether oxygens (including phenoxy) is 2. The number of hydrogen-bond acceptors (Lipinski definition) is 6. The topological polar surface area (TPSA) is 55.2 Å². The van der Waals surface area contributed by atoms with E-state index in [1.54, 1.807) is 7.11 Å². The van der Waals surface area contributed by atoms with E-state index in [1.165, 1.54) is 0 Å². The third kappa shape index (κ3) is 3.70. The number of benzene rings is 2. The van der Waals surface area contributed by atoms with Gasteiger partial charge >= 0.3 is 0 Å². The fraction of sp³-hybridized carbons (Fsp3) is 0.435. The van der Waals surface area contributed by atoms with Crippen LogP contribution in [0.3, 0.4) is 0 Å². The molecule has 6 heteroatoms. The molecule has 29 heavy (non-hydrogen) atoms. The van der Waals surface area contributed by atoms with Crippen molar-refractivity contribution in [1.29, 1.82) is 0 Å². The summed E-state index contributed by atoms with van der Waals surface area (Å²) in [5.41, 5.74) is 1.38. The second-order valence-corrected chi connectivity index (χ2v) is 7.30. The quantitative estimate of drug-likeness (QED) is 0.593. The molecule has 0 radical (unpaired) electrons. The van der Waals surface area contributed by atoms with E-state index >= 15 is 0 Å². The van der Waals surface area contributed by atoms with E-state index < -0.39 is 0 Å². The van der Waals surface area contributed by atoms with Gasteiger partial charge in [0.05, 0.1) is 31.3 Å². The highest BCUT2D eigenvalue weighted by Crippen LogP contribution is 2.31. The highest BCUT2D eigenvalue weighted by molar-refractivity contribution is 6.06. The van der Waals surface area contributed by atoms with Crippen molar-refractivity contribution >= 4 is 27.6 Å². The van der Waals surface area contributed by atoms with E-state index in [9.17, 15) is 4.79 Å². The summed E-state index contributed by atoms with van der Waals surface area (Å²) in [6, 6.07) is 9.71. The second kappa shape index (κ2) is 8.43. The number of hydrogen-bond donors (Lipinski definition) is 0. The highest BCUT2D eigenvalue weighted by atomic mass is 16.5. The lowest BCUT2D eigenvalue weighted by Crippen LogP contribution is -2.38. The van der Waals surface area contributed by atoms with Gasteiger partial charge in [0.2, 0.25) is 5.88 Å². The molecule has 1 aliphatic rings. The first-order valence-electron chi connectivity index (χ1n) is 10.3. The van der Waals surface area contributed by atoms with Gasteiger partial charge in [0, 0.05) is 38.1 Å². The predicted molar refractivity (Wildman–Crippen MR) is 116 cm³/mol. The number of nitrogens with zero attached hydrogens (tertiary/aromatic N) is 2. The molecule has 0 spiro atoms. The van der Waals surface area contributed by atoms with Crippen LogP contribution in [0.2, 0.25) is 0 Å². The summed E-state index contributed by atoms with van der Waals surface area (Å²) in [5, 5.41) is 2.49. The van der Waals surface area contributed by atoms with E-state index in [1.807, 2.05) is 30.3 Å². The Bertz CT molecular complexity index is 1070. The summed E-state index contributed by atoms with van der Waals surface area (Å²) in [6.07, 6.45) is 0. The van der Waals surface area contributed by atoms with Crippen LogP contribution in [0.15, 0.2) is 39.5 Å². The molecule has 0 aliphatic carbocycles. The first-order chi connectivity index (χ1) is 14.2. The van der Waals surface area contributed by atoms with Gasteiger partial charge in [-0.05, 0) is 37.4 Å². The Morgan fingerprint density at radius 3 is 2.52 bits per heavy atom. The van der Waals surface area contributed by atoms with Crippen LogP contribution < -0.4 is 15.1 Å². The van der Waals surface area contributed by atoms with Crippen molar-refractivity contribution in [1.82, 2.24) is 4.90 Å². The molecule has 4 rings (SSSR count). The third-order valence-electron chi connectivity index (χ3n) is 5.69. The lowest BCUT2D eigenvalue weighted by atomic mass is 10.0. The summed E-state index contributed by atoms with van der Waals surface area (Å²) in [4.78, 5) is 18.2. The molecule has 2 aromatic carbocycles. The SMILES string of the molecule is CCN(CC)c1oc2ccc3ccc(OC)cc3c2c(=O)c1CN1CCOCC1.